The standard InChI is InChI=1S/C20H34N4S/c1-15-13-16(2)19(17(3)14-15)23-20(22-9-12-25-11-8-21)24-10-6-5-7-18(24)4/h13-14,18H,5-12,21H2,1-4H3,(H,22,23). The van der Waals surface area contributed by atoms with Gasteiger partial charge in [0.25, 0.3) is 0 Å². The summed E-state index contributed by atoms with van der Waals surface area (Å²) in [5.74, 6) is 3.07. The molecule has 2 rings (SSSR count). The number of likely N-dealkylation sites (tertiary alicyclic amines) is 1. The molecule has 0 amide bonds. The van der Waals surface area contributed by atoms with Crippen molar-refractivity contribution in [3.8, 4) is 0 Å². The highest BCUT2D eigenvalue weighted by Gasteiger charge is 2.22. The van der Waals surface area contributed by atoms with Crippen molar-refractivity contribution in [1.82, 2.24) is 4.90 Å². The summed E-state index contributed by atoms with van der Waals surface area (Å²) < 4.78 is 0. The molecule has 0 aromatic heterocycles. The van der Waals surface area contributed by atoms with Gasteiger partial charge in [0, 0.05) is 36.3 Å². The van der Waals surface area contributed by atoms with Crippen LogP contribution in [0.5, 0.6) is 0 Å². The Hall–Kier alpha value is -1.20. The molecule has 1 aromatic carbocycles. The maximum Gasteiger partial charge on any atom is 0.198 e. The maximum absolute atomic E-state index is 5.58. The molecular formula is C20H34N4S. The van der Waals surface area contributed by atoms with Crippen molar-refractivity contribution < 1.29 is 0 Å². The number of nitrogens with two attached hydrogens (primary N) is 1. The lowest BCUT2D eigenvalue weighted by molar-refractivity contribution is 0.257. The molecule has 0 spiro atoms. The fourth-order valence-electron chi connectivity index (χ4n) is 3.51. The molecule has 1 saturated heterocycles. The van der Waals surface area contributed by atoms with E-state index in [1.807, 2.05) is 11.8 Å². The van der Waals surface area contributed by atoms with Gasteiger partial charge in [0.15, 0.2) is 5.96 Å². The molecule has 1 aromatic rings. The third kappa shape index (κ3) is 5.93. The molecule has 0 saturated carbocycles. The Morgan fingerprint density at radius 3 is 2.60 bits per heavy atom. The van der Waals surface area contributed by atoms with Crippen LogP contribution in [0.3, 0.4) is 0 Å². The molecule has 0 bridgehead atoms. The smallest absolute Gasteiger partial charge is 0.198 e. The van der Waals surface area contributed by atoms with Crippen molar-refractivity contribution in [2.24, 2.45) is 10.7 Å². The van der Waals surface area contributed by atoms with Gasteiger partial charge in [-0.1, -0.05) is 17.7 Å². The zero-order valence-electron chi connectivity index (χ0n) is 16.3. The van der Waals surface area contributed by atoms with Crippen LogP contribution < -0.4 is 11.1 Å². The molecule has 1 fully saturated rings. The van der Waals surface area contributed by atoms with Crippen LogP contribution in [0.4, 0.5) is 5.69 Å². The highest BCUT2D eigenvalue weighted by Crippen LogP contribution is 2.24. The molecule has 1 atom stereocenters. The number of nitrogens with zero attached hydrogens (tertiary/aromatic N) is 2. The molecular weight excluding hydrogens is 328 g/mol. The number of benzene rings is 1. The first-order valence-corrected chi connectivity index (χ1v) is 10.6. The fraction of sp³-hybridized carbons (Fsp3) is 0.650. The summed E-state index contributed by atoms with van der Waals surface area (Å²) in [5, 5.41) is 3.68. The van der Waals surface area contributed by atoms with Gasteiger partial charge in [-0.25, -0.2) is 0 Å². The second-order valence-corrected chi connectivity index (χ2v) is 8.27. The number of rotatable bonds is 6. The van der Waals surface area contributed by atoms with Crippen LogP contribution in [0.25, 0.3) is 0 Å². The van der Waals surface area contributed by atoms with Gasteiger partial charge >= 0.3 is 0 Å². The lowest BCUT2D eigenvalue weighted by Crippen LogP contribution is -2.45. The topological polar surface area (TPSA) is 53.6 Å². The summed E-state index contributed by atoms with van der Waals surface area (Å²) in [6.45, 7) is 11.5. The number of hydrogen-bond donors (Lipinski definition) is 2. The average molecular weight is 363 g/mol. The van der Waals surface area contributed by atoms with Gasteiger partial charge < -0.3 is 16.0 Å². The molecule has 0 radical (unpaired) electrons. The van der Waals surface area contributed by atoms with Crippen molar-refractivity contribution in [3.05, 3.63) is 28.8 Å². The summed E-state index contributed by atoms with van der Waals surface area (Å²) in [6, 6.07) is 5.02. The third-order valence-electron chi connectivity index (χ3n) is 4.75. The Morgan fingerprint density at radius 1 is 1.24 bits per heavy atom. The van der Waals surface area contributed by atoms with Crippen LogP contribution in [0.2, 0.25) is 0 Å². The first kappa shape index (κ1) is 20.1. The summed E-state index contributed by atoms with van der Waals surface area (Å²) in [5.41, 5.74) is 10.7. The average Bonchev–Trinajstić information content (AvgIpc) is 2.56. The minimum absolute atomic E-state index is 0.544. The minimum Gasteiger partial charge on any atom is -0.340 e. The molecule has 1 aliphatic heterocycles. The first-order chi connectivity index (χ1) is 12.0. The Labute approximate surface area is 157 Å². The van der Waals surface area contributed by atoms with Crippen LogP contribution in [0.1, 0.15) is 42.9 Å². The molecule has 140 valence electrons. The zero-order valence-corrected chi connectivity index (χ0v) is 17.1. The number of guanidine groups is 1. The zero-order chi connectivity index (χ0) is 18.2. The van der Waals surface area contributed by atoms with Crippen LogP contribution in [-0.2, 0) is 0 Å². The van der Waals surface area contributed by atoms with Gasteiger partial charge in [0.05, 0.1) is 6.54 Å². The quantitative estimate of drug-likeness (QED) is 0.457. The molecule has 1 aliphatic rings. The highest BCUT2D eigenvalue weighted by atomic mass is 32.2. The van der Waals surface area contributed by atoms with Gasteiger partial charge in [-0.3, -0.25) is 4.99 Å². The van der Waals surface area contributed by atoms with Crippen molar-refractivity contribution in [2.45, 2.75) is 53.0 Å². The van der Waals surface area contributed by atoms with Crippen LogP contribution >= 0.6 is 11.8 Å². The monoisotopic (exact) mass is 362 g/mol. The number of piperidine rings is 1. The van der Waals surface area contributed by atoms with Gasteiger partial charge in [0.2, 0.25) is 0 Å². The minimum atomic E-state index is 0.544. The van der Waals surface area contributed by atoms with Crippen LogP contribution in [0, 0.1) is 20.8 Å². The van der Waals surface area contributed by atoms with Crippen molar-refractivity contribution in [1.29, 1.82) is 0 Å². The van der Waals surface area contributed by atoms with Gasteiger partial charge in [-0.05, 0) is 58.1 Å². The van der Waals surface area contributed by atoms with E-state index >= 15 is 0 Å². The summed E-state index contributed by atoms with van der Waals surface area (Å²) >= 11 is 1.88. The van der Waals surface area contributed by atoms with E-state index in [9.17, 15) is 0 Å². The predicted molar refractivity (Wildman–Crippen MR) is 113 cm³/mol. The Balaban J connectivity index is 2.17. The van der Waals surface area contributed by atoms with E-state index in [4.69, 9.17) is 10.7 Å². The van der Waals surface area contributed by atoms with Crippen LogP contribution in [-0.4, -0.2) is 48.0 Å². The highest BCUT2D eigenvalue weighted by molar-refractivity contribution is 7.99. The fourth-order valence-corrected chi connectivity index (χ4v) is 4.10. The molecule has 4 nitrogen and oxygen atoms in total. The Kier molecular flexibility index (Phi) is 8.10. The second-order valence-electron chi connectivity index (χ2n) is 7.04. The lowest BCUT2D eigenvalue weighted by Gasteiger charge is -2.36. The Morgan fingerprint density at radius 2 is 1.96 bits per heavy atom. The normalized spacial score (nSPS) is 18.5. The van der Waals surface area contributed by atoms with E-state index in [-0.39, 0.29) is 0 Å². The van der Waals surface area contributed by atoms with Crippen molar-refractivity contribution in [3.63, 3.8) is 0 Å². The summed E-state index contributed by atoms with van der Waals surface area (Å²) in [6.07, 6.45) is 3.81. The second kappa shape index (κ2) is 10.1. The van der Waals surface area contributed by atoms with Crippen molar-refractivity contribution in [2.75, 3.05) is 36.5 Å². The van der Waals surface area contributed by atoms with E-state index in [0.29, 0.717) is 6.04 Å². The van der Waals surface area contributed by atoms with Gasteiger partial charge in [-0.2, -0.15) is 11.8 Å². The molecule has 0 aliphatic carbocycles. The molecule has 5 heteroatoms. The lowest BCUT2D eigenvalue weighted by atomic mass is 10.0. The largest absolute Gasteiger partial charge is 0.340 e. The van der Waals surface area contributed by atoms with E-state index in [1.165, 1.54) is 41.6 Å². The molecule has 1 heterocycles. The van der Waals surface area contributed by atoms with Crippen molar-refractivity contribution >= 4 is 23.4 Å². The number of nitrogens with one attached hydrogen (secondary N) is 1. The van der Waals surface area contributed by atoms with Gasteiger partial charge in [-0.15, -0.1) is 0 Å². The SMILES string of the molecule is Cc1cc(C)c(NC(=NCCSCCN)N2CCCCC2C)c(C)c1. The summed E-state index contributed by atoms with van der Waals surface area (Å²) in [4.78, 5) is 7.39. The Bertz CT molecular complexity index is 562. The van der Waals surface area contributed by atoms with Gasteiger partial charge in [0.1, 0.15) is 0 Å². The van der Waals surface area contributed by atoms with E-state index in [1.54, 1.807) is 0 Å². The van der Waals surface area contributed by atoms with E-state index in [0.717, 1.165) is 37.1 Å². The first-order valence-electron chi connectivity index (χ1n) is 9.46. The number of aryl methyl sites for hydroxylation is 3. The summed E-state index contributed by atoms with van der Waals surface area (Å²) in [7, 11) is 0. The maximum atomic E-state index is 5.58. The number of thioether (sulfide) groups is 1. The number of hydrogen-bond acceptors (Lipinski definition) is 3. The van der Waals surface area contributed by atoms with E-state index < -0.39 is 0 Å². The molecule has 1 unspecified atom stereocenters. The molecule has 25 heavy (non-hydrogen) atoms. The van der Waals surface area contributed by atoms with E-state index in [2.05, 4.69) is 50.0 Å². The number of anilines is 1. The third-order valence-corrected chi connectivity index (χ3v) is 5.74. The number of aliphatic imine (C=N–C) groups is 1. The van der Waals surface area contributed by atoms with Crippen LogP contribution in [0.15, 0.2) is 17.1 Å². The molecule has 3 N–H and O–H groups in total. The predicted octanol–water partition coefficient (Wildman–Crippen LogP) is 3.95.